The van der Waals surface area contributed by atoms with Crippen molar-refractivity contribution < 1.29 is 4.74 Å². The number of anilines is 2. The minimum absolute atomic E-state index is 0.0613. The highest BCUT2D eigenvalue weighted by atomic mass is 16.5. The SMILES string of the molecule is Cc1cccc2cccc(C3Cc4nc(N(C)CCN(C)C)nc(N5CCN(C)[C@@H](CC#N)C5)c4CO3)c12. The number of piperazine rings is 1. The van der Waals surface area contributed by atoms with Gasteiger partial charge in [0.25, 0.3) is 0 Å². The number of fused-ring (bicyclic) bond motifs is 2. The number of benzene rings is 2. The van der Waals surface area contributed by atoms with Gasteiger partial charge in [0, 0.05) is 57.8 Å². The number of nitrogens with zero attached hydrogens (tertiary/aromatic N) is 7. The van der Waals surface area contributed by atoms with E-state index in [1.54, 1.807) is 0 Å². The van der Waals surface area contributed by atoms with Gasteiger partial charge in [-0.2, -0.15) is 10.2 Å². The van der Waals surface area contributed by atoms with Crippen LogP contribution in [0.1, 0.15) is 34.9 Å². The Morgan fingerprint density at radius 2 is 1.87 bits per heavy atom. The number of likely N-dealkylation sites (N-methyl/N-ethyl adjacent to an activating group) is 3. The normalized spacial score (nSPS) is 20.0. The molecule has 0 aliphatic carbocycles. The highest BCUT2D eigenvalue weighted by Gasteiger charge is 2.32. The quantitative estimate of drug-likeness (QED) is 0.473. The smallest absolute Gasteiger partial charge is 0.227 e. The summed E-state index contributed by atoms with van der Waals surface area (Å²) in [6, 6.07) is 15.5. The molecular formula is C30H39N7O. The van der Waals surface area contributed by atoms with Gasteiger partial charge < -0.3 is 19.4 Å². The summed E-state index contributed by atoms with van der Waals surface area (Å²) in [5.74, 6) is 1.72. The Morgan fingerprint density at radius 3 is 2.63 bits per heavy atom. The van der Waals surface area contributed by atoms with Crippen LogP contribution < -0.4 is 9.80 Å². The van der Waals surface area contributed by atoms with Gasteiger partial charge in [0.2, 0.25) is 5.95 Å². The third-order valence-electron chi connectivity index (χ3n) is 7.99. The molecule has 2 atom stereocenters. The van der Waals surface area contributed by atoms with Crippen LogP contribution >= 0.6 is 0 Å². The van der Waals surface area contributed by atoms with Crippen LogP contribution in [0.3, 0.4) is 0 Å². The lowest BCUT2D eigenvalue weighted by Gasteiger charge is -2.40. The first-order chi connectivity index (χ1) is 18.4. The van der Waals surface area contributed by atoms with E-state index in [0.717, 1.165) is 55.7 Å². The first-order valence-electron chi connectivity index (χ1n) is 13.5. The van der Waals surface area contributed by atoms with E-state index >= 15 is 0 Å². The first-order valence-corrected chi connectivity index (χ1v) is 13.5. The molecule has 0 saturated carbocycles. The van der Waals surface area contributed by atoms with Gasteiger partial charge in [0.1, 0.15) is 5.82 Å². The lowest BCUT2D eigenvalue weighted by atomic mass is 9.92. The number of hydrogen-bond acceptors (Lipinski definition) is 8. The van der Waals surface area contributed by atoms with Gasteiger partial charge in [-0.1, -0.05) is 36.4 Å². The second-order valence-electron chi connectivity index (χ2n) is 11.0. The largest absolute Gasteiger partial charge is 0.368 e. The molecule has 2 aromatic carbocycles. The average molecular weight is 514 g/mol. The van der Waals surface area contributed by atoms with Gasteiger partial charge in [-0.3, -0.25) is 4.90 Å². The minimum Gasteiger partial charge on any atom is -0.368 e. The Morgan fingerprint density at radius 1 is 1.08 bits per heavy atom. The summed E-state index contributed by atoms with van der Waals surface area (Å²) in [4.78, 5) is 19.2. The fourth-order valence-electron chi connectivity index (χ4n) is 5.62. The van der Waals surface area contributed by atoms with E-state index in [4.69, 9.17) is 14.7 Å². The van der Waals surface area contributed by atoms with E-state index in [2.05, 4.69) is 97.2 Å². The highest BCUT2D eigenvalue weighted by molar-refractivity contribution is 5.89. The molecule has 2 aliphatic heterocycles. The Balaban J connectivity index is 1.52. The second kappa shape index (κ2) is 11.2. The van der Waals surface area contributed by atoms with Crippen LogP contribution in [0.4, 0.5) is 11.8 Å². The van der Waals surface area contributed by atoms with Gasteiger partial charge in [-0.15, -0.1) is 0 Å². The van der Waals surface area contributed by atoms with Crippen molar-refractivity contribution in [3.8, 4) is 6.07 Å². The molecule has 2 aliphatic rings. The molecular weight excluding hydrogens is 474 g/mol. The molecule has 5 rings (SSSR count). The molecule has 0 bridgehead atoms. The minimum atomic E-state index is -0.0613. The number of aryl methyl sites for hydroxylation is 1. The predicted octanol–water partition coefficient (Wildman–Crippen LogP) is 3.78. The van der Waals surface area contributed by atoms with Crippen molar-refractivity contribution in [1.29, 1.82) is 5.26 Å². The summed E-state index contributed by atoms with van der Waals surface area (Å²) in [7, 11) is 8.35. The van der Waals surface area contributed by atoms with E-state index in [9.17, 15) is 5.26 Å². The van der Waals surface area contributed by atoms with E-state index in [1.807, 2.05) is 0 Å². The fourth-order valence-corrected chi connectivity index (χ4v) is 5.62. The van der Waals surface area contributed by atoms with E-state index in [-0.39, 0.29) is 12.1 Å². The van der Waals surface area contributed by atoms with E-state index < -0.39 is 0 Å². The second-order valence-corrected chi connectivity index (χ2v) is 11.0. The summed E-state index contributed by atoms with van der Waals surface area (Å²) >= 11 is 0. The van der Waals surface area contributed by atoms with Crippen LogP contribution in [-0.4, -0.2) is 86.7 Å². The number of nitriles is 1. The Hall–Kier alpha value is -3.25. The molecule has 200 valence electrons. The third kappa shape index (κ3) is 5.32. The van der Waals surface area contributed by atoms with Crippen molar-refractivity contribution in [1.82, 2.24) is 19.8 Å². The highest BCUT2D eigenvalue weighted by Crippen LogP contribution is 2.38. The molecule has 8 heteroatoms. The topological polar surface area (TPSA) is 71.8 Å². The molecule has 1 fully saturated rings. The van der Waals surface area contributed by atoms with Crippen molar-refractivity contribution in [2.45, 2.75) is 38.5 Å². The summed E-state index contributed by atoms with van der Waals surface area (Å²) in [5, 5.41) is 11.9. The standard InChI is InChI=1S/C30H39N7O/c1-21-8-6-9-22-10-7-11-24(28(21)22)27-18-26-25(20-38-27)29(33-30(32-26)36(5)15-14-34(2)3)37-17-16-35(4)23(19-37)12-13-31/h6-11,23,27H,12,14-20H2,1-5H3/t23-,27?/m0/s1. The van der Waals surface area contributed by atoms with Crippen LogP contribution in [0.5, 0.6) is 0 Å². The molecule has 0 amide bonds. The first kappa shape index (κ1) is 26.4. The van der Waals surface area contributed by atoms with Crippen molar-refractivity contribution in [3.63, 3.8) is 0 Å². The molecule has 1 unspecified atom stereocenters. The molecule has 0 N–H and O–H groups in total. The van der Waals surface area contributed by atoms with Crippen LogP contribution in [0.15, 0.2) is 36.4 Å². The Labute approximate surface area is 226 Å². The summed E-state index contributed by atoms with van der Waals surface area (Å²) in [5.41, 5.74) is 4.64. The van der Waals surface area contributed by atoms with Crippen molar-refractivity contribution in [3.05, 3.63) is 58.8 Å². The van der Waals surface area contributed by atoms with Crippen molar-refractivity contribution in [2.75, 3.05) is 70.7 Å². The molecule has 38 heavy (non-hydrogen) atoms. The lowest BCUT2D eigenvalue weighted by Crippen LogP contribution is -2.52. The molecule has 1 aromatic heterocycles. The maximum Gasteiger partial charge on any atom is 0.227 e. The molecule has 0 spiro atoms. The Bertz CT molecular complexity index is 1330. The zero-order valence-corrected chi connectivity index (χ0v) is 23.3. The van der Waals surface area contributed by atoms with Gasteiger partial charge in [-0.05, 0) is 50.0 Å². The number of rotatable bonds is 7. The number of hydrogen-bond donors (Lipinski definition) is 0. The number of aromatic nitrogens is 2. The van der Waals surface area contributed by atoms with Crippen LogP contribution in [0.2, 0.25) is 0 Å². The fraction of sp³-hybridized carbons (Fsp3) is 0.500. The summed E-state index contributed by atoms with van der Waals surface area (Å²) in [6.07, 6.45) is 1.16. The number of ether oxygens (including phenoxy) is 1. The molecule has 3 aromatic rings. The van der Waals surface area contributed by atoms with Gasteiger partial charge >= 0.3 is 0 Å². The van der Waals surface area contributed by atoms with Crippen LogP contribution in [0, 0.1) is 18.3 Å². The van der Waals surface area contributed by atoms with Gasteiger partial charge in [0.05, 0.1) is 30.9 Å². The molecule has 8 nitrogen and oxygen atoms in total. The molecule has 3 heterocycles. The average Bonchev–Trinajstić information content (AvgIpc) is 2.92. The van der Waals surface area contributed by atoms with Gasteiger partial charge in [0.15, 0.2) is 0 Å². The predicted molar refractivity (Wildman–Crippen MR) is 153 cm³/mol. The maximum atomic E-state index is 9.39. The zero-order chi connectivity index (χ0) is 26.8. The van der Waals surface area contributed by atoms with E-state index in [0.29, 0.717) is 19.4 Å². The molecule has 0 radical (unpaired) electrons. The summed E-state index contributed by atoms with van der Waals surface area (Å²) < 4.78 is 6.57. The maximum absolute atomic E-state index is 9.39. The van der Waals surface area contributed by atoms with Gasteiger partial charge in [-0.25, -0.2) is 4.98 Å². The summed E-state index contributed by atoms with van der Waals surface area (Å²) in [6.45, 7) is 6.96. The van der Waals surface area contributed by atoms with E-state index in [1.165, 1.54) is 21.9 Å². The van der Waals surface area contributed by atoms with Crippen molar-refractivity contribution >= 4 is 22.5 Å². The monoisotopic (exact) mass is 513 g/mol. The van der Waals surface area contributed by atoms with Crippen molar-refractivity contribution in [2.24, 2.45) is 0 Å². The molecule has 1 saturated heterocycles. The third-order valence-corrected chi connectivity index (χ3v) is 7.99. The Kier molecular flexibility index (Phi) is 7.80. The zero-order valence-electron chi connectivity index (χ0n) is 23.3. The van der Waals surface area contributed by atoms with Crippen LogP contribution in [0.25, 0.3) is 10.8 Å². The lowest BCUT2D eigenvalue weighted by molar-refractivity contribution is 0.0269. The van der Waals surface area contributed by atoms with Crippen LogP contribution in [-0.2, 0) is 17.8 Å².